The third kappa shape index (κ3) is 1.53. The molecule has 0 saturated heterocycles. The second-order valence-electron chi connectivity index (χ2n) is 4.53. The monoisotopic (exact) mass is 205 g/mol. The molecule has 0 amide bonds. The first-order chi connectivity index (χ1) is 7.23. The van der Waals surface area contributed by atoms with E-state index in [0.29, 0.717) is 5.92 Å². The molecule has 0 spiro atoms. The number of benzene rings is 1. The quantitative estimate of drug-likeness (QED) is 0.822. The van der Waals surface area contributed by atoms with Crippen LogP contribution in [0.5, 0.6) is 5.75 Å². The van der Waals surface area contributed by atoms with Gasteiger partial charge in [-0.25, -0.2) is 0 Å². The topological polar surface area (TPSA) is 35.2 Å². The third-order valence-electron chi connectivity index (χ3n) is 4.00. The number of ether oxygens (including phenoxy) is 1. The normalized spacial score (nSPS) is 29.7. The van der Waals surface area contributed by atoms with Gasteiger partial charge in [-0.3, -0.25) is 0 Å². The standard InChI is InChI=1S/C13H19NO/c1-10-7-8-13(10,9-14)11-3-5-12(15-2)6-4-11/h3-6,10H,7-9,14H2,1-2H3. The Bertz CT molecular complexity index is 329. The minimum atomic E-state index is 0.228. The maximum atomic E-state index is 5.93. The molecule has 2 unspecified atom stereocenters. The van der Waals surface area contributed by atoms with Crippen LogP contribution in [0.2, 0.25) is 0 Å². The Morgan fingerprint density at radius 1 is 1.40 bits per heavy atom. The zero-order chi connectivity index (χ0) is 10.9. The summed E-state index contributed by atoms with van der Waals surface area (Å²) in [6.07, 6.45) is 2.51. The lowest BCUT2D eigenvalue weighted by Gasteiger charge is -2.48. The fourth-order valence-electron chi connectivity index (χ4n) is 2.55. The van der Waals surface area contributed by atoms with Crippen molar-refractivity contribution in [2.45, 2.75) is 25.2 Å². The molecule has 82 valence electrons. The molecule has 1 aromatic rings. The van der Waals surface area contributed by atoms with Crippen LogP contribution < -0.4 is 10.5 Å². The summed E-state index contributed by atoms with van der Waals surface area (Å²) in [6, 6.07) is 8.36. The van der Waals surface area contributed by atoms with Crippen LogP contribution in [-0.2, 0) is 5.41 Å². The van der Waals surface area contributed by atoms with E-state index in [9.17, 15) is 0 Å². The molecular formula is C13H19NO. The highest BCUT2D eigenvalue weighted by Crippen LogP contribution is 2.47. The van der Waals surface area contributed by atoms with Crippen LogP contribution in [0.15, 0.2) is 24.3 Å². The van der Waals surface area contributed by atoms with E-state index in [-0.39, 0.29) is 5.41 Å². The molecule has 1 fully saturated rings. The summed E-state index contributed by atoms with van der Waals surface area (Å²) < 4.78 is 5.16. The molecule has 2 rings (SSSR count). The Hall–Kier alpha value is -1.02. The average Bonchev–Trinajstić information content (AvgIpc) is 2.29. The van der Waals surface area contributed by atoms with Gasteiger partial charge in [0.1, 0.15) is 5.75 Å². The Balaban J connectivity index is 2.28. The number of methoxy groups -OCH3 is 1. The van der Waals surface area contributed by atoms with Gasteiger partial charge in [0.25, 0.3) is 0 Å². The van der Waals surface area contributed by atoms with Gasteiger partial charge in [-0.1, -0.05) is 19.1 Å². The van der Waals surface area contributed by atoms with E-state index in [4.69, 9.17) is 10.5 Å². The lowest BCUT2D eigenvalue weighted by Crippen LogP contribution is -2.48. The van der Waals surface area contributed by atoms with E-state index in [1.54, 1.807) is 7.11 Å². The summed E-state index contributed by atoms with van der Waals surface area (Å²) in [7, 11) is 1.69. The molecule has 0 heterocycles. The molecule has 15 heavy (non-hydrogen) atoms. The van der Waals surface area contributed by atoms with Gasteiger partial charge in [-0.15, -0.1) is 0 Å². The molecule has 0 bridgehead atoms. The molecule has 0 radical (unpaired) electrons. The molecule has 2 atom stereocenters. The fraction of sp³-hybridized carbons (Fsp3) is 0.538. The Labute approximate surface area is 91.4 Å². The van der Waals surface area contributed by atoms with Gasteiger partial charge in [0.15, 0.2) is 0 Å². The van der Waals surface area contributed by atoms with Crippen molar-refractivity contribution in [2.24, 2.45) is 11.7 Å². The van der Waals surface area contributed by atoms with Crippen LogP contribution in [0.1, 0.15) is 25.3 Å². The van der Waals surface area contributed by atoms with Gasteiger partial charge in [-0.05, 0) is 36.5 Å². The molecule has 2 nitrogen and oxygen atoms in total. The van der Waals surface area contributed by atoms with Gasteiger partial charge in [0.2, 0.25) is 0 Å². The van der Waals surface area contributed by atoms with Gasteiger partial charge >= 0.3 is 0 Å². The van der Waals surface area contributed by atoms with Crippen molar-refractivity contribution in [1.82, 2.24) is 0 Å². The minimum Gasteiger partial charge on any atom is -0.497 e. The predicted octanol–water partition coefficient (Wildman–Crippen LogP) is 2.32. The molecule has 1 aromatic carbocycles. The zero-order valence-electron chi connectivity index (χ0n) is 9.49. The summed E-state index contributed by atoms with van der Waals surface area (Å²) in [6.45, 7) is 3.04. The first-order valence-corrected chi connectivity index (χ1v) is 5.57. The summed E-state index contributed by atoms with van der Waals surface area (Å²) >= 11 is 0. The molecule has 0 aliphatic heterocycles. The van der Waals surface area contributed by atoms with Crippen LogP contribution in [0.4, 0.5) is 0 Å². The van der Waals surface area contributed by atoms with Gasteiger partial charge < -0.3 is 10.5 Å². The molecule has 0 aromatic heterocycles. The molecule has 2 N–H and O–H groups in total. The maximum absolute atomic E-state index is 5.93. The number of hydrogen-bond acceptors (Lipinski definition) is 2. The molecule has 2 heteroatoms. The van der Waals surface area contributed by atoms with Crippen LogP contribution in [0.25, 0.3) is 0 Å². The van der Waals surface area contributed by atoms with E-state index in [2.05, 4.69) is 19.1 Å². The van der Waals surface area contributed by atoms with Crippen LogP contribution in [0, 0.1) is 5.92 Å². The first kappa shape index (κ1) is 10.5. The lowest BCUT2D eigenvalue weighted by atomic mass is 9.57. The van der Waals surface area contributed by atoms with Gasteiger partial charge in [-0.2, -0.15) is 0 Å². The molecule has 1 aliphatic carbocycles. The van der Waals surface area contributed by atoms with E-state index in [1.165, 1.54) is 18.4 Å². The highest BCUT2D eigenvalue weighted by Gasteiger charge is 2.43. The van der Waals surface area contributed by atoms with E-state index in [1.807, 2.05) is 12.1 Å². The van der Waals surface area contributed by atoms with E-state index >= 15 is 0 Å². The highest BCUT2D eigenvalue weighted by molar-refractivity contribution is 5.35. The third-order valence-corrected chi connectivity index (χ3v) is 4.00. The predicted molar refractivity (Wildman–Crippen MR) is 62.1 cm³/mol. The zero-order valence-corrected chi connectivity index (χ0v) is 9.49. The fourth-order valence-corrected chi connectivity index (χ4v) is 2.55. The minimum absolute atomic E-state index is 0.228. The van der Waals surface area contributed by atoms with Crippen molar-refractivity contribution in [1.29, 1.82) is 0 Å². The Morgan fingerprint density at radius 2 is 2.07 bits per heavy atom. The van der Waals surface area contributed by atoms with Crippen molar-refractivity contribution >= 4 is 0 Å². The largest absolute Gasteiger partial charge is 0.497 e. The maximum Gasteiger partial charge on any atom is 0.118 e. The van der Waals surface area contributed by atoms with Crippen LogP contribution in [0.3, 0.4) is 0 Å². The van der Waals surface area contributed by atoms with Crippen molar-refractivity contribution in [3.8, 4) is 5.75 Å². The second kappa shape index (κ2) is 3.86. The number of nitrogens with two attached hydrogens (primary N) is 1. The SMILES string of the molecule is COc1ccc(C2(CN)CCC2C)cc1. The number of rotatable bonds is 3. The molecule has 1 aliphatic rings. The summed E-state index contributed by atoms with van der Waals surface area (Å²) in [5.74, 6) is 1.62. The van der Waals surface area contributed by atoms with Crippen molar-refractivity contribution in [3.05, 3.63) is 29.8 Å². The summed E-state index contributed by atoms with van der Waals surface area (Å²) in [4.78, 5) is 0. The van der Waals surface area contributed by atoms with Crippen LogP contribution >= 0.6 is 0 Å². The van der Waals surface area contributed by atoms with Gasteiger partial charge in [0, 0.05) is 12.0 Å². The van der Waals surface area contributed by atoms with E-state index < -0.39 is 0 Å². The van der Waals surface area contributed by atoms with Crippen LogP contribution in [-0.4, -0.2) is 13.7 Å². The Kier molecular flexibility index (Phi) is 2.70. The summed E-state index contributed by atoms with van der Waals surface area (Å²) in [5, 5.41) is 0. The molecular weight excluding hydrogens is 186 g/mol. The highest BCUT2D eigenvalue weighted by atomic mass is 16.5. The van der Waals surface area contributed by atoms with Crippen molar-refractivity contribution in [3.63, 3.8) is 0 Å². The average molecular weight is 205 g/mol. The molecule has 1 saturated carbocycles. The Morgan fingerprint density at radius 3 is 2.40 bits per heavy atom. The van der Waals surface area contributed by atoms with E-state index in [0.717, 1.165) is 12.3 Å². The number of hydrogen-bond donors (Lipinski definition) is 1. The second-order valence-corrected chi connectivity index (χ2v) is 4.53. The summed E-state index contributed by atoms with van der Waals surface area (Å²) in [5.41, 5.74) is 7.52. The van der Waals surface area contributed by atoms with Crippen molar-refractivity contribution < 1.29 is 4.74 Å². The lowest BCUT2D eigenvalue weighted by molar-refractivity contribution is 0.146. The van der Waals surface area contributed by atoms with Gasteiger partial charge in [0.05, 0.1) is 7.11 Å². The smallest absolute Gasteiger partial charge is 0.118 e. The van der Waals surface area contributed by atoms with Crippen molar-refractivity contribution in [2.75, 3.05) is 13.7 Å². The first-order valence-electron chi connectivity index (χ1n) is 5.57.